The van der Waals surface area contributed by atoms with Crippen LogP contribution in [0.4, 0.5) is 0 Å². The largest absolute Gasteiger partial charge is 0.179 e. The minimum atomic E-state index is 0.453. The zero-order valence-electron chi connectivity index (χ0n) is 18.5. The summed E-state index contributed by atoms with van der Waals surface area (Å²) in [6.07, 6.45) is 19.4. The van der Waals surface area contributed by atoms with Crippen LogP contribution in [0.5, 0.6) is 0 Å². The lowest BCUT2D eigenvalue weighted by Gasteiger charge is -2.46. The van der Waals surface area contributed by atoms with E-state index in [1.165, 1.54) is 101 Å². The van der Waals surface area contributed by atoms with Gasteiger partial charge in [0.15, 0.2) is 0 Å². The van der Waals surface area contributed by atoms with Gasteiger partial charge >= 0.3 is 0 Å². The Balaban J connectivity index is 2.11. The van der Waals surface area contributed by atoms with Crippen LogP contribution in [0, 0.1) is 22.7 Å². The van der Waals surface area contributed by atoms with Crippen molar-refractivity contribution < 1.29 is 0 Å². The van der Waals surface area contributed by atoms with Crippen LogP contribution in [0.15, 0.2) is 0 Å². The molecular formula is C24H46S5. The highest BCUT2D eigenvalue weighted by Crippen LogP contribution is 2.50. The van der Waals surface area contributed by atoms with Gasteiger partial charge in [0.25, 0.3) is 0 Å². The van der Waals surface area contributed by atoms with E-state index in [4.69, 9.17) is 50.5 Å². The van der Waals surface area contributed by atoms with Gasteiger partial charge in [-0.05, 0) is 109 Å². The van der Waals surface area contributed by atoms with Crippen molar-refractivity contribution >= 4 is 62.3 Å². The molecule has 0 N–H and O–H groups in total. The van der Waals surface area contributed by atoms with E-state index < -0.39 is 0 Å². The third-order valence-corrected chi connectivity index (χ3v) is 10.6. The lowest BCUT2D eigenvalue weighted by atomic mass is 9.66. The molecule has 0 bridgehead atoms. The summed E-state index contributed by atoms with van der Waals surface area (Å²) >= 11 is 21.1. The standard InChI is InChI=1S/C24H46S5/c25-15-11-23(12-16-26,21-7-3-1-4-8-21)19-29-20-24(13-17-27,14-18-28)22-9-5-2-6-10-22/h21-22,25-28H,1-20H2. The highest BCUT2D eigenvalue weighted by Gasteiger charge is 2.41. The Bertz CT molecular complexity index is 365. The van der Waals surface area contributed by atoms with Gasteiger partial charge in [0.2, 0.25) is 0 Å². The Kier molecular flexibility index (Phi) is 13.8. The Morgan fingerprint density at radius 3 is 1.10 bits per heavy atom. The molecule has 0 saturated heterocycles. The fraction of sp³-hybridized carbons (Fsp3) is 1.00. The molecule has 2 saturated carbocycles. The number of hydrogen-bond acceptors (Lipinski definition) is 5. The van der Waals surface area contributed by atoms with Crippen molar-refractivity contribution in [1.82, 2.24) is 0 Å². The molecule has 2 aliphatic carbocycles. The molecule has 0 nitrogen and oxygen atoms in total. The van der Waals surface area contributed by atoms with E-state index in [-0.39, 0.29) is 0 Å². The third kappa shape index (κ3) is 7.93. The molecule has 0 amide bonds. The first-order chi connectivity index (χ1) is 14.2. The van der Waals surface area contributed by atoms with Crippen molar-refractivity contribution in [2.75, 3.05) is 34.5 Å². The molecule has 0 aromatic rings. The second-order valence-corrected chi connectivity index (χ2v) is 12.6. The molecule has 29 heavy (non-hydrogen) atoms. The Morgan fingerprint density at radius 1 is 0.517 bits per heavy atom. The van der Waals surface area contributed by atoms with Crippen LogP contribution >= 0.6 is 62.3 Å². The van der Waals surface area contributed by atoms with Gasteiger partial charge in [0.05, 0.1) is 0 Å². The Labute approximate surface area is 208 Å². The van der Waals surface area contributed by atoms with E-state index in [2.05, 4.69) is 11.8 Å². The highest BCUT2D eigenvalue weighted by molar-refractivity contribution is 7.99. The first-order valence-electron chi connectivity index (χ1n) is 12.2. The van der Waals surface area contributed by atoms with Gasteiger partial charge in [-0.15, -0.1) is 0 Å². The van der Waals surface area contributed by atoms with Crippen LogP contribution in [-0.2, 0) is 0 Å². The topological polar surface area (TPSA) is 0 Å². The molecule has 0 radical (unpaired) electrons. The van der Waals surface area contributed by atoms with Crippen LogP contribution in [0.2, 0.25) is 0 Å². The van der Waals surface area contributed by atoms with Crippen LogP contribution in [-0.4, -0.2) is 34.5 Å². The first-order valence-corrected chi connectivity index (χ1v) is 15.9. The SMILES string of the molecule is SCCC(CCS)(CSCC(CCS)(CCS)C1CCCCC1)C1CCCCC1. The maximum atomic E-state index is 4.70. The van der Waals surface area contributed by atoms with Crippen LogP contribution in [0.1, 0.15) is 89.9 Å². The van der Waals surface area contributed by atoms with E-state index >= 15 is 0 Å². The summed E-state index contributed by atoms with van der Waals surface area (Å²) < 4.78 is 0. The number of hydrogen-bond donors (Lipinski definition) is 4. The Morgan fingerprint density at radius 2 is 0.828 bits per heavy atom. The zero-order chi connectivity index (χ0) is 21.0. The molecule has 0 aromatic carbocycles. The average molecular weight is 495 g/mol. The monoisotopic (exact) mass is 494 g/mol. The van der Waals surface area contributed by atoms with Crippen molar-refractivity contribution in [1.29, 1.82) is 0 Å². The van der Waals surface area contributed by atoms with E-state index in [1.54, 1.807) is 0 Å². The maximum Gasteiger partial charge on any atom is -0.000735 e. The zero-order valence-corrected chi connectivity index (χ0v) is 22.9. The third-order valence-electron chi connectivity index (χ3n) is 8.16. The summed E-state index contributed by atoms with van der Waals surface area (Å²) in [6, 6.07) is 0. The van der Waals surface area contributed by atoms with Gasteiger partial charge in [0, 0.05) is 0 Å². The second kappa shape index (κ2) is 14.8. The maximum absolute atomic E-state index is 4.70. The van der Waals surface area contributed by atoms with Crippen molar-refractivity contribution in [2.45, 2.75) is 89.9 Å². The summed E-state index contributed by atoms with van der Waals surface area (Å²) in [4.78, 5) is 0. The molecule has 0 atom stereocenters. The molecule has 2 rings (SSSR count). The van der Waals surface area contributed by atoms with Gasteiger partial charge in [-0.3, -0.25) is 0 Å². The molecule has 0 unspecified atom stereocenters. The van der Waals surface area contributed by atoms with E-state index in [9.17, 15) is 0 Å². The van der Waals surface area contributed by atoms with Crippen molar-refractivity contribution in [3.05, 3.63) is 0 Å². The molecule has 0 aromatic heterocycles. The molecule has 0 aliphatic heterocycles. The quantitative estimate of drug-likeness (QED) is 0.177. The van der Waals surface area contributed by atoms with E-state index in [0.29, 0.717) is 10.8 Å². The van der Waals surface area contributed by atoms with Crippen LogP contribution in [0.3, 0.4) is 0 Å². The van der Waals surface area contributed by atoms with Crippen molar-refractivity contribution in [3.8, 4) is 0 Å². The summed E-state index contributed by atoms with van der Waals surface area (Å²) in [5.74, 6) is 8.48. The van der Waals surface area contributed by atoms with Crippen LogP contribution < -0.4 is 0 Å². The number of thiol groups is 4. The van der Waals surface area contributed by atoms with E-state index in [0.717, 1.165) is 34.8 Å². The van der Waals surface area contributed by atoms with Crippen molar-refractivity contribution in [2.24, 2.45) is 22.7 Å². The number of rotatable bonds is 14. The van der Waals surface area contributed by atoms with Crippen molar-refractivity contribution in [3.63, 3.8) is 0 Å². The lowest BCUT2D eigenvalue weighted by molar-refractivity contribution is 0.127. The van der Waals surface area contributed by atoms with Gasteiger partial charge in [-0.25, -0.2) is 0 Å². The normalized spacial score (nSPS) is 20.3. The van der Waals surface area contributed by atoms with Gasteiger partial charge in [-0.1, -0.05) is 38.5 Å². The Hall–Kier alpha value is 1.75. The average Bonchev–Trinajstić information content (AvgIpc) is 2.75. The molecule has 0 spiro atoms. The minimum Gasteiger partial charge on any atom is -0.179 e. The molecule has 172 valence electrons. The van der Waals surface area contributed by atoms with Gasteiger partial charge in [0.1, 0.15) is 0 Å². The van der Waals surface area contributed by atoms with E-state index in [1.807, 2.05) is 0 Å². The molecule has 5 heteroatoms. The smallest absolute Gasteiger partial charge is 0.000735 e. The first kappa shape index (κ1) is 27.0. The lowest BCUT2D eigenvalue weighted by Crippen LogP contribution is -2.39. The molecular weight excluding hydrogens is 449 g/mol. The summed E-state index contributed by atoms with van der Waals surface area (Å²) in [5.41, 5.74) is 0.906. The highest BCUT2D eigenvalue weighted by atomic mass is 32.2. The molecule has 0 heterocycles. The fourth-order valence-electron chi connectivity index (χ4n) is 6.37. The fourth-order valence-corrected chi connectivity index (χ4v) is 10.1. The molecule has 2 aliphatic rings. The summed E-state index contributed by atoms with van der Waals surface area (Å²) in [6.45, 7) is 0. The number of thioether (sulfide) groups is 1. The van der Waals surface area contributed by atoms with Gasteiger partial charge < -0.3 is 0 Å². The predicted octanol–water partition coefficient (Wildman–Crippen LogP) is 8.13. The van der Waals surface area contributed by atoms with Gasteiger partial charge in [-0.2, -0.15) is 62.3 Å². The summed E-state index contributed by atoms with van der Waals surface area (Å²) in [7, 11) is 0. The minimum absolute atomic E-state index is 0.453. The summed E-state index contributed by atoms with van der Waals surface area (Å²) in [5, 5.41) is 0. The molecule has 2 fully saturated rings. The second-order valence-electron chi connectivity index (χ2n) is 9.78. The predicted molar refractivity (Wildman–Crippen MR) is 149 cm³/mol. The van der Waals surface area contributed by atoms with Crippen LogP contribution in [0.25, 0.3) is 0 Å².